The number of carbonyl (C=O) groups is 2. The summed E-state index contributed by atoms with van der Waals surface area (Å²) in [6, 6.07) is 14.2. The van der Waals surface area contributed by atoms with Gasteiger partial charge in [-0.2, -0.15) is 0 Å². The van der Waals surface area contributed by atoms with Gasteiger partial charge in [0.1, 0.15) is 18.0 Å². The van der Waals surface area contributed by atoms with E-state index in [2.05, 4.69) is 25.0 Å². The van der Waals surface area contributed by atoms with Gasteiger partial charge in [-0.1, -0.05) is 31.4 Å². The van der Waals surface area contributed by atoms with E-state index < -0.39 is 31.7 Å². The summed E-state index contributed by atoms with van der Waals surface area (Å²) >= 11 is 0. The Bertz CT molecular complexity index is 1510. The number of hydrogen-bond acceptors (Lipinski definition) is 9. The second kappa shape index (κ2) is 21.6. The standard InChI is InChI=1S/C35H57N5O8S2/c1-35(2,3)48-34(42)37-24-11-8-9-13-33(41)36-23-10-6-7-12-25-40(26-22-29-14-16-30(17-15-29)38-49(4,43)44)27-28-47-32-20-18-31(19-21-32)39-50(5,45)46/h14-21,38-39H,6-13,22-28H2,1-5H3,(H,36,41)(H,37,42). The van der Waals surface area contributed by atoms with Gasteiger partial charge in [0.25, 0.3) is 0 Å². The lowest BCUT2D eigenvalue weighted by molar-refractivity contribution is -0.121. The van der Waals surface area contributed by atoms with E-state index in [0.717, 1.165) is 82.5 Å². The van der Waals surface area contributed by atoms with Crippen LogP contribution in [0.4, 0.5) is 16.2 Å². The summed E-state index contributed by atoms with van der Waals surface area (Å²) in [5, 5.41) is 5.73. The van der Waals surface area contributed by atoms with Gasteiger partial charge in [0.2, 0.25) is 26.0 Å². The van der Waals surface area contributed by atoms with Gasteiger partial charge in [0.05, 0.1) is 12.5 Å². The topological polar surface area (TPSA) is 172 Å². The van der Waals surface area contributed by atoms with Crippen molar-refractivity contribution in [3.63, 3.8) is 0 Å². The molecule has 0 aliphatic heterocycles. The van der Waals surface area contributed by atoms with Crippen LogP contribution in [0.25, 0.3) is 0 Å². The quantitative estimate of drug-likeness (QED) is 0.107. The molecule has 0 unspecified atom stereocenters. The third-order valence-corrected chi connectivity index (χ3v) is 8.49. The van der Waals surface area contributed by atoms with Crippen LogP contribution in [0.5, 0.6) is 5.75 Å². The third kappa shape index (κ3) is 22.2. The molecule has 2 aromatic rings. The van der Waals surface area contributed by atoms with Gasteiger partial charge in [0.15, 0.2) is 0 Å². The lowest BCUT2D eigenvalue weighted by Crippen LogP contribution is -2.33. The molecule has 0 aliphatic carbocycles. The van der Waals surface area contributed by atoms with E-state index >= 15 is 0 Å². The van der Waals surface area contributed by atoms with Crippen LogP contribution in [0.2, 0.25) is 0 Å². The summed E-state index contributed by atoms with van der Waals surface area (Å²) in [5.74, 6) is 0.702. The van der Waals surface area contributed by atoms with Crippen LogP contribution in [0.1, 0.15) is 77.7 Å². The number of nitrogens with one attached hydrogen (secondary N) is 4. The van der Waals surface area contributed by atoms with Crippen LogP contribution in [-0.2, 0) is 36.0 Å². The molecule has 2 aromatic carbocycles. The fourth-order valence-corrected chi connectivity index (χ4v) is 6.05. The largest absolute Gasteiger partial charge is 0.492 e. The van der Waals surface area contributed by atoms with E-state index in [1.165, 1.54) is 0 Å². The zero-order valence-corrected chi connectivity index (χ0v) is 31.9. The van der Waals surface area contributed by atoms with Gasteiger partial charge in [-0.3, -0.25) is 19.1 Å². The highest BCUT2D eigenvalue weighted by molar-refractivity contribution is 7.92. The number of benzene rings is 2. The lowest BCUT2D eigenvalue weighted by atomic mass is 10.1. The summed E-state index contributed by atoms with van der Waals surface area (Å²) in [5.41, 5.74) is 1.58. The molecular formula is C35H57N5O8S2. The molecule has 0 aliphatic rings. The molecule has 0 radical (unpaired) electrons. The normalized spacial score (nSPS) is 12.0. The number of ether oxygens (including phenoxy) is 2. The SMILES string of the molecule is CC(C)(C)OC(=O)NCCCCCC(=O)NCCCCCCN(CCOc1ccc(NS(C)(=O)=O)cc1)CCc1ccc(NS(C)(=O)=O)cc1. The minimum atomic E-state index is -3.35. The van der Waals surface area contributed by atoms with Gasteiger partial charge in [-0.15, -0.1) is 0 Å². The second-order valence-electron chi connectivity index (χ2n) is 13.4. The van der Waals surface area contributed by atoms with E-state index in [-0.39, 0.29) is 5.91 Å². The molecule has 15 heteroatoms. The molecule has 50 heavy (non-hydrogen) atoms. The van der Waals surface area contributed by atoms with Gasteiger partial charge in [0, 0.05) is 44.0 Å². The Hall–Kier alpha value is -3.56. The molecule has 0 saturated carbocycles. The zero-order valence-electron chi connectivity index (χ0n) is 30.3. The van der Waals surface area contributed by atoms with Crippen LogP contribution in [0, 0.1) is 0 Å². The highest BCUT2D eigenvalue weighted by atomic mass is 32.2. The van der Waals surface area contributed by atoms with E-state index in [0.29, 0.717) is 49.8 Å². The first-order chi connectivity index (χ1) is 23.5. The van der Waals surface area contributed by atoms with Crippen molar-refractivity contribution in [1.29, 1.82) is 0 Å². The Kier molecular flexibility index (Phi) is 18.4. The fourth-order valence-electron chi connectivity index (χ4n) is 4.92. The monoisotopic (exact) mass is 739 g/mol. The maximum absolute atomic E-state index is 12.2. The maximum Gasteiger partial charge on any atom is 0.407 e. The molecule has 0 fully saturated rings. The third-order valence-electron chi connectivity index (χ3n) is 7.28. The van der Waals surface area contributed by atoms with Crippen molar-refractivity contribution in [3.05, 3.63) is 54.1 Å². The van der Waals surface area contributed by atoms with Crippen LogP contribution >= 0.6 is 0 Å². The molecule has 2 rings (SSSR count). The van der Waals surface area contributed by atoms with Crippen molar-refractivity contribution >= 4 is 43.4 Å². The summed E-state index contributed by atoms with van der Waals surface area (Å²) < 4.78 is 62.0. The van der Waals surface area contributed by atoms with E-state index in [4.69, 9.17) is 9.47 Å². The number of nitrogens with zero attached hydrogens (tertiary/aromatic N) is 1. The summed E-state index contributed by atoms with van der Waals surface area (Å²) in [4.78, 5) is 26.2. The van der Waals surface area contributed by atoms with Gasteiger partial charge in [-0.25, -0.2) is 21.6 Å². The van der Waals surface area contributed by atoms with Crippen molar-refractivity contribution < 1.29 is 35.9 Å². The van der Waals surface area contributed by atoms with Crippen LogP contribution in [0.3, 0.4) is 0 Å². The lowest BCUT2D eigenvalue weighted by Gasteiger charge is -2.22. The fraction of sp³-hybridized carbons (Fsp3) is 0.600. The van der Waals surface area contributed by atoms with Crippen molar-refractivity contribution in [3.8, 4) is 5.75 Å². The van der Waals surface area contributed by atoms with E-state index in [9.17, 15) is 26.4 Å². The summed E-state index contributed by atoms with van der Waals surface area (Å²) in [6.07, 6.45) is 9.42. The van der Waals surface area contributed by atoms with Crippen molar-refractivity contribution in [1.82, 2.24) is 15.5 Å². The average Bonchev–Trinajstić information content (AvgIpc) is 3.00. The number of anilines is 2. The highest BCUT2D eigenvalue weighted by Crippen LogP contribution is 2.17. The molecule has 0 atom stereocenters. The van der Waals surface area contributed by atoms with E-state index in [1.54, 1.807) is 36.4 Å². The number of alkyl carbamates (subject to hydrolysis) is 1. The summed E-state index contributed by atoms with van der Waals surface area (Å²) in [7, 11) is -6.68. The summed E-state index contributed by atoms with van der Waals surface area (Å²) in [6.45, 7) is 9.48. The molecular weight excluding hydrogens is 683 g/mol. The molecule has 4 N–H and O–H groups in total. The van der Waals surface area contributed by atoms with Gasteiger partial charge in [-0.05, 0) is 101 Å². The highest BCUT2D eigenvalue weighted by Gasteiger charge is 2.15. The number of hydrogen-bond donors (Lipinski definition) is 4. The van der Waals surface area contributed by atoms with Gasteiger partial charge >= 0.3 is 6.09 Å². The number of carbonyl (C=O) groups excluding carboxylic acids is 2. The Morgan fingerprint density at radius 1 is 0.680 bits per heavy atom. The molecule has 0 heterocycles. The molecule has 2 amide bonds. The molecule has 0 bridgehead atoms. The molecule has 0 spiro atoms. The van der Waals surface area contributed by atoms with Crippen molar-refractivity contribution in [2.45, 2.75) is 84.2 Å². The predicted molar refractivity (Wildman–Crippen MR) is 200 cm³/mol. The number of rotatable bonds is 24. The van der Waals surface area contributed by atoms with Crippen LogP contribution in [-0.4, -0.2) is 91.2 Å². The number of unbranched alkanes of at least 4 members (excludes halogenated alkanes) is 5. The van der Waals surface area contributed by atoms with Crippen molar-refractivity contribution in [2.75, 3.05) is 61.3 Å². The van der Waals surface area contributed by atoms with Gasteiger partial charge < -0.3 is 20.1 Å². The smallest absolute Gasteiger partial charge is 0.407 e. The average molecular weight is 740 g/mol. The minimum absolute atomic E-state index is 0.0534. The van der Waals surface area contributed by atoms with Crippen LogP contribution in [0.15, 0.2) is 48.5 Å². The maximum atomic E-state index is 12.2. The molecule has 0 aromatic heterocycles. The molecule has 13 nitrogen and oxygen atoms in total. The first kappa shape index (κ1) is 42.6. The molecule has 0 saturated heterocycles. The van der Waals surface area contributed by atoms with Crippen molar-refractivity contribution in [2.24, 2.45) is 0 Å². The minimum Gasteiger partial charge on any atom is -0.492 e. The zero-order chi connectivity index (χ0) is 37.0. The Balaban J connectivity index is 1.70. The Morgan fingerprint density at radius 2 is 1.22 bits per heavy atom. The first-order valence-electron chi connectivity index (χ1n) is 17.2. The Labute approximate surface area is 299 Å². The molecule has 282 valence electrons. The Morgan fingerprint density at radius 3 is 1.80 bits per heavy atom. The van der Waals surface area contributed by atoms with E-state index in [1.807, 2.05) is 32.9 Å². The van der Waals surface area contributed by atoms with Crippen LogP contribution < -0.4 is 24.8 Å². The first-order valence-corrected chi connectivity index (χ1v) is 21.0. The predicted octanol–water partition coefficient (Wildman–Crippen LogP) is 5.11. The number of sulfonamides is 2. The second-order valence-corrected chi connectivity index (χ2v) is 16.9. The number of amides is 2.